The number of hydrogen-bond donors (Lipinski definition) is 3. The van der Waals surface area contributed by atoms with Crippen LogP contribution in [0.1, 0.15) is 6.42 Å². The first kappa shape index (κ1) is 16.6. The molecule has 2 rings (SSSR count). The summed E-state index contributed by atoms with van der Waals surface area (Å²) in [5.74, 6) is 1.15. The number of para-hydroxylation sites is 1. The summed E-state index contributed by atoms with van der Waals surface area (Å²) in [6.07, 6.45) is 3.23. The molecule has 0 aromatic heterocycles. The van der Waals surface area contributed by atoms with Crippen LogP contribution < -0.4 is 16.0 Å². The molecule has 0 aliphatic carbocycles. The van der Waals surface area contributed by atoms with E-state index in [4.69, 9.17) is 12.2 Å². The summed E-state index contributed by atoms with van der Waals surface area (Å²) in [6.45, 7) is 0.903. The average molecular weight is 332 g/mol. The molecule has 0 fully saturated rings. The number of anilines is 3. The highest BCUT2D eigenvalue weighted by atomic mass is 32.2. The Hall–Kier alpha value is -1.72. The second kappa shape index (κ2) is 9.33. The Balaban J connectivity index is 1.80. The van der Waals surface area contributed by atoms with E-state index in [1.165, 1.54) is 0 Å². The minimum absolute atomic E-state index is 0.671. The largest absolute Gasteiger partial charge is 0.362 e. The summed E-state index contributed by atoms with van der Waals surface area (Å²) in [7, 11) is 0. The normalized spacial score (nSPS) is 10.0. The van der Waals surface area contributed by atoms with Crippen LogP contribution in [-0.2, 0) is 0 Å². The zero-order valence-corrected chi connectivity index (χ0v) is 14.3. The van der Waals surface area contributed by atoms with Crippen LogP contribution in [0.3, 0.4) is 0 Å². The fraction of sp³-hybridized carbons (Fsp3) is 0.235. The van der Waals surface area contributed by atoms with Gasteiger partial charge in [0.25, 0.3) is 0 Å². The maximum Gasteiger partial charge on any atom is 0.170 e. The number of nitrogens with one attached hydrogen (secondary N) is 3. The molecule has 0 heterocycles. The van der Waals surface area contributed by atoms with E-state index in [9.17, 15) is 0 Å². The first-order valence-electron chi connectivity index (χ1n) is 7.24. The molecule has 0 spiro atoms. The Morgan fingerprint density at radius 2 is 1.59 bits per heavy atom. The summed E-state index contributed by atoms with van der Waals surface area (Å²) < 4.78 is 0. The third-order valence-electron chi connectivity index (χ3n) is 3.02. The van der Waals surface area contributed by atoms with Crippen LogP contribution in [-0.4, -0.2) is 23.7 Å². The van der Waals surface area contributed by atoms with E-state index in [1.807, 2.05) is 66.4 Å². The molecule has 0 saturated heterocycles. The standard InChI is InChI=1S/C17H21N3S2/c1-22-13-5-12-18-17(21)20-16-10-8-15(9-11-16)19-14-6-3-2-4-7-14/h2-4,6-11,19H,5,12-13H2,1H3,(H2,18,20,21). The molecule has 3 N–H and O–H groups in total. The van der Waals surface area contributed by atoms with E-state index < -0.39 is 0 Å². The number of benzene rings is 2. The lowest BCUT2D eigenvalue weighted by Gasteiger charge is -2.11. The SMILES string of the molecule is CSCCCNC(=S)Nc1ccc(Nc2ccccc2)cc1. The molecular formula is C17H21N3S2. The molecule has 116 valence electrons. The number of rotatable bonds is 7. The Bertz CT molecular complexity index is 570. The highest BCUT2D eigenvalue weighted by Gasteiger charge is 1.98. The molecule has 0 saturated carbocycles. The van der Waals surface area contributed by atoms with Crippen LogP contribution in [0.5, 0.6) is 0 Å². The Morgan fingerprint density at radius 1 is 0.955 bits per heavy atom. The van der Waals surface area contributed by atoms with Crippen LogP contribution in [0.2, 0.25) is 0 Å². The highest BCUT2D eigenvalue weighted by molar-refractivity contribution is 7.98. The second-order valence-corrected chi connectivity index (χ2v) is 6.19. The Morgan fingerprint density at radius 3 is 2.27 bits per heavy atom. The predicted octanol–water partition coefficient (Wildman–Crippen LogP) is 4.47. The van der Waals surface area contributed by atoms with Crippen molar-refractivity contribution in [3.05, 3.63) is 54.6 Å². The van der Waals surface area contributed by atoms with Crippen LogP contribution in [0.25, 0.3) is 0 Å². The third-order valence-corrected chi connectivity index (χ3v) is 3.96. The molecule has 0 aliphatic heterocycles. The molecule has 0 atom stereocenters. The van der Waals surface area contributed by atoms with Crippen LogP contribution in [0, 0.1) is 0 Å². The lowest BCUT2D eigenvalue weighted by Crippen LogP contribution is -2.29. The van der Waals surface area contributed by atoms with Gasteiger partial charge in [-0.1, -0.05) is 18.2 Å². The van der Waals surface area contributed by atoms with E-state index in [0.717, 1.165) is 35.8 Å². The van der Waals surface area contributed by atoms with Crippen LogP contribution >= 0.6 is 24.0 Å². The van der Waals surface area contributed by atoms with Crippen molar-refractivity contribution in [2.75, 3.05) is 29.2 Å². The number of hydrogen-bond acceptors (Lipinski definition) is 3. The van der Waals surface area contributed by atoms with Gasteiger partial charge in [0.05, 0.1) is 0 Å². The van der Waals surface area contributed by atoms with E-state index in [1.54, 1.807) is 0 Å². The Kier molecular flexibility index (Phi) is 7.06. The molecule has 0 unspecified atom stereocenters. The van der Waals surface area contributed by atoms with Crippen molar-refractivity contribution in [3.8, 4) is 0 Å². The monoisotopic (exact) mass is 331 g/mol. The summed E-state index contributed by atoms with van der Waals surface area (Å²) in [5.41, 5.74) is 3.12. The van der Waals surface area contributed by atoms with Crippen molar-refractivity contribution in [2.45, 2.75) is 6.42 Å². The van der Waals surface area contributed by atoms with Gasteiger partial charge >= 0.3 is 0 Å². The molecule has 5 heteroatoms. The Labute approximate surface area is 141 Å². The molecular weight excluding hydrogens is 310 g/mol. The van der Waals surface area contributed by atoms with Crippen molar-refractivity contribution < 1.29 is 0 Å². The van der Waals surface area contributed by atoms with Gasteiger partial charge in [-0.05, 0) is 67.0 Å². The van der Waals surface area contributed by atoms with E-state index >= 15 is 0 Å². The number of thioether (sulfide) groups is 1. The first-order chi connectivity index (χ1) is 10.8. The van der Waals surface area contributed by atoms with E-state index in [-0.39, 0.29) is 0 Å². The predicted molar refractivity (Wildman–Crippen MR) is 103 cm³/mol. The molecule has 0 amide bonds. The molecule has 0 bridgehead atoms. The van der Waals surface area contributed by atoms with Gasteiger partial charge in [-0.2, -0.15) is 11.8 Å². The summed E-state index contributed by atoms with van der Waals surface area (Å²) in [4.78, 5) is 0. The number of thiocarbonyl (C=S) groups is 1. The maximum absolute atomic E-state index is 5.28. The molecule has 2 aromatic carbocycles. The summed E-state index contributed by atoms with van der Waals surface area (Å²) in [6, 6.07) is 18.2. The smallest absolute Gasteiger partial charge is 0.170 e. The van der Waals surface area contributed by atoms with Gasteiger partial charge in [-0.15, -0.1) is 0 Å². The first-order valence-corrected chi connectivity index (χ1v) is 9.04. The van der Waals surface area contributed by atoms with Crippen LogP contribution in [0.4, 0.5) is 17.1 Å². The third kappa shape index (κ3) is 5.95. The molecule has 2 aromatic rings. The highest BCUT2D eigenvalue weighted by Crippen LogP contribution is 2.18. The van der Waals surface area contributed by atoms with Crippen molar-refractivity contribution in [2.24, 2.45) is 0 Å². The van der Waals surface area contributed by atoms with Crippen LogP contribution in [0.15, 0.2) is 54.6 Å². The van der Waals surface area contributed by atoms with E-state index in [0.29, 0.717) is 5.11 Å². The minimum atomic E-state index is 0.671. The zero-order valence-electron chi connectivity index (χ0n) is 12.6. The molecule has 0 aliphatic rings. The molecule has 22 heavy (non-hydrogen) atoms. The summed E-state index contributed by atoms with van der Waals surface area (Å²) in [5, 5.41) is 10.4. The summed E-state index contributed by atoms with van der Waals surface area (Å²) >= 11 is 7.13. The topological polar surface area (TPSA) is 36.1 Å². The maximum atomic E-state index is 5.28. The van der Waals surface area contributed by atoms with Gasteiger partial charge in [0, 0.05) is 23.6 Å². The van der Waals surface area contributed by atoms with Gasteiger partial charge in [0.2, 0.25) is 0 Å². The van der Waals surface area contributed by atoms with Gasteiger partial charge < -0.3 is 16.0 Å². The van der Waals surface area contributed by atoms with Crippen molar-refractivity contribution in [3.63, 3.8) is 0 Å². The minimum Gasteiger partial charge on any atom is -0.362 e. The second-order valence-electron chi connectivity index (χ2n) is 4.80. The van der Waals surface area contributed by atoms with E-state index in [2.05, 4.69) is 22.2 Å². The zero-order chi connectivity index (χ0) is 15.6. The van der Waals surface area contributed by atoms with Gasteiger partial charge in [0.15, 0.2) is 5.11 Å². The van der Waals surface area contributed by atoms with Gasteiger partial charge in [0.1, 0.15) is 0 Å². The van der Waals surface area contributed by atoms with Crippen molar-refractivity contribution >= 4 is 46.2 Å². The van der Waals surface area contributed by atoms with Gasteiger partial charge in [-0.3, -0.25) is 0 Å². The fourth-order valence-electron chi connectivity index (χ4n) is 1.92. The lowest BCUT2D eigenvalue weighted by molar-refractivity contribution is 0.855. The lowest BCUT2D eigenvalue weighted by atomic mass is 10.2. The van der Waals surface area contributed by atoms with Crippen molar-refractivity contribution in [1.82, 2.24) is 5.32 Å². The van der Waals surface area contributed by atoms with Gasteiger partial charge in [-0.25, -0.2) is 0 Å². The van der Waals surface area contributed by atoms with Crippen molar-refractivity contribution in [1.29, 1.82) is 0 Å². The fourth-order valence-corrected chi connectivity index (χ4v) is 2.57. The molecule has 3 nitrogen and oxygen atoms in total. The average Bonchev–Trinajstić information content (AvgIpc) is 2.54. The quantitative estimate of drug-likeness (QED) is 0.515. The molecule has 0 radical (unpaired) electrons.